The molecule has 0 unspecified atom stereocenters. The minimum absolute atomic E-state index is 0.0349. The summed E-state index contributed by atoms with van der Waals surface area (Å²) in [6.07, 6.45) is 0.698. The van der Waals surface area contributed by atoms with Crippen molar-refractivity contribution in [3.05, 3.63) is 46.8 Å². The van der Waals surface area contributed by atoms with Gasteiger partial charge in [0.2, 0.25) is 5.91 Å². The number of ether oxygens (including phenoxy) is 1. The average molecular weight is 378 g/mol. The molecule has 0 bridgehead atoms. The predicted octanol–water partition coefficient (Wildman–Crippen LogP) is 1.72. The second-order valence-corrected chi connectivity index (χ2v) is 8.81. The average Bonchev–Trinajstić information content (AvgIpc) is 3.08. The lowest BCUT2D eigenvalue weighted by Crippen LogP contribution is -2.36. The normalized spacial score (nSPS) is 18.6. The number of aryl methyl sites for hydroxylation is 2. The third-order valence-electron chi connectivity index (χ3n) is 4.45. The van der Waals surface area contributed by atoms with Crippen LogP contribution in [0.2, 0.25) is 0 Å². The Morgan fingerprint density at radius 3 is 2.62 bits per heavy atom. The van der Waals surface area contributed by atoms with Gasteiger partial charge in [-0.1, -0.05) is 17.3 Å². The van der Waals surface area contributed by atoms with Crippen LogP contribution in [-0.2, 0) is 27.7 Å². The van der Waals surface area contributed by atoms with E-state index in [0.717, 1.165) is 22.6 Å². The molecule has 0 saturated carbocycles. The van der Waals surface area contributed by atoms with E-state index in [9.17, 15) is 13.2 Å². The number of sulfone groups is 1. The summed E-state index contributed by atoms with van der Waals surface area (Å²) in [5.74, 6) is 1.44. The van der Waals surface area contributed by atoms with Crippen molar-refractivity contribution in [2.24, 2.45) is 0 Å². The van der Waals surface area contributed by atoms with Crippen molar-refractivity contribution < 1.29 is 22.5 Å². The van der Waals surface area contributed by atoms with Crippen LogP contribution >= 0.6 is 0 Å². The van der Waals surface area contributed by atoms with Crippen molar-refractivity contribution in [3.63, 3.8) is 0 Å². The molecule has 1 atom stereocenters. The molecule has 140 valence electrons. The van der Waals surface area contributed by atoms with Gasteiger partial charge in [0.25, 0.3) is 0 Å². The summed E-state index contributed by atoms with van der Waals surface area (Å²) in [5.41, 5.74) is 2.58. The SMILES string of the molecule is Cc1noc(C)c1COc1ccc(CC(=O)N[C@H]2CCS(=O)(=O)C2)cc1. The first-order valence-electron chi connectivity index (χ1n) is 8.46. The van der Waals surface area contributed by atoms with Crippen LogP contribution in [-0.4, -0.2) is 37.0 Å². The Morgan fingerprint density at radius 1 is 1.31 bits per heavy atom. The maximum Gasteiger partial charge on any atom is 0.224 e. The first-order valence-corrected chi connectivity index (χ1v) is 10.3. The number of nitrogens with zero attached hydrogens (tertiary/aromatic N) is 1. The van der Waals surface area contributed by atoms with E-state index in [2.05, 4.69) is 10.5 Å². The third-order valence-corrected chi connectivity index (χ3v) is 6.22. The van der Waals surface area contributed by atoms with Gasteiger partial charge in [0.05, 0.1) is 29.2 Å². The van der Waals surface area contributed by atoms with Crippen molar-refractivity contribution in [1.29, 1.82) is 0 Å². The summed E-state index contributed by atoms with van der Waals surface area (Å²) in [4.78, 5) is 12.1. The van der Waals surface area contributed by atoms with Gasteiger partial charge >= 0.3 is 0 Å². The Balaban J connectivity index is 1.50. The minimum atomic E-state index is -2.99. The lowest BCUT2D eigenvalue weighted by atomic mass is 10.1. The fraction of sp³-hybridized carbons (Fsp3) is 0.444. The zero-order valence-electron chi connectivity index (χ0n) is 14.8. The van der Waals surface area contributed by atoms with Crippen LogP contribution in [0.3, 0.4) is 0 Å². The van der Waals surface area contributed by atoms with Gasteiger partial charge in [-0.05, 0) is 38.0 Å². The van der Waals surface area contributed by atoms with E-state index in [1.807, 2.05) is 26.0 Å². The molecule has 2 heterocycles. The van der Waals surface area contributed by atoms with Crippen molar-refractivity contribution >= 4 is 15.7 Å². The summed E-state index contributed by atoms with van der Waals surface area (Å²) >= 11 is 0. The number of hydrogen-bond donors (Lipinski definition) is 1. The topological polar surface area (TPSA) is 98.5 Å². The lowest BCUT2D eigenvalue weighted by Gasteiger charge is -2.11. The van der Waals surface area contributed by atoms with Crippen LogP contribution in [0.5, 0.6) is 5.75 Å². The Hall–Kier alpha value is -2.35. The highest BCUT2D eigenvalue weighted by Crippen LogP contribution is 2.18. The maximum absolute atomic E-state index is 12.1. The number of carbonyl (C=O) groups is 1. The number of benzene rings is 1. The second kappa shape index (κ2) is 7.49. The Morgan fingerprint density at radius 2 is 2.04 bits per heavy atom. The van der Waals surface area contributed by atoms with Crippen LogP contribution in [0.1, 0.15) is 29.0 Å². The molecule has 1 amide bonds. The summed E-state index contributed by atoms with van der Waals surface area (Å²) in [7, 11) is -2.99. The van der Waals surface area contributed by atoms with E-state index in [-0.39, 0.29) is 29.9 Å². The molecule has 1 aliphatic heterocycles. The maximum atomic E-state index is 12.1. The van der Waals surface area contributed by atoms with Gasteiger partial charge in [0.15, 0.2) is 9.84 Å². The van der Waals surface area contributed by atoms with E-state index in [1.165, 1.54) is 0 Å². The molecule has 1 fully saturated rings. The lowest BCUT2D eigenvalue weighted by molar-refractivity contribution is -0.121. The molecule has 1 N–H and O–H groups in total. The monoisotopic (exact) mass is 378 g/mol. The molecule has 1 aromatic heterocycles. The van der Waals surface area contributed by atoms with Gasteiger partial charge in [0.1, 0.15) is 18.1 Å². The zero-order chi connectivity index (χ0) is 18.7. The molecule has 26 heavy (non-hydrogen) atoms. The number of hydrogen-bond acceptors (Lipinski definition) is 6. The minimum Gasteiger partial charge on any atom is -0.489 e. The molecule has 8 heteroatoms. The third kappa shape index (κ3) is 4.63. The zero-order valence-corrected chi connectivity index (χ0v) is 15.6. The molecular weight excluding hydrogens is 356 g/mol. The van der Waals surface area contributed by atoms with Crippen molar-refractivity contribution in [1.82, 2.24) is 10.5 Å². The first-order chi connectivity index (χ1) is 12.3. The van der Waals surface area contributed by atoms with Crippen LogP contribution in [0, 0.1) is 13.8 Å². The van der Waals surface area contributed by atoms with Crippen molar-refractivity contribution in [3.8, 4) is 5.75 Å². The molecule has 0 aliphatic carbocycles. The van der Waals surface area contributed by atoms with E-state index in [0.29, 0.717) is 18.8 Å². The van der Waals surface area contributed by atoms with Crippen molar-refractivity contribution in [2.75, 3.05) is 11.5 Å². The van der Waals surface area contributed by atoms with Gasteiger partial charge in [-0.15, -0.1) is 0 Å². The Kier molecular flexibility index (Phi) is 5.31. The number of rotatable bonds is 6. The molecule has 1 aliphatic rings. The van der Waals surface area contributed by atoms with Crippen LogP contribution < -0.4 is 10.1 Å². The number of carbonyl (C=O) groups excluding carboxylic acids is 1. The largest absolute Gasteiger partial charge is 0.489 e. The molecule has 1 saturated heterocycles. The molecule has 0 spiro atoms. The Bertz CT molecular complexity index is 867. The van der Waals surface area contributed by atoms with E-state index in [1.54, 1.807) is 12.1 Å². The highest BCUT2D eigenvalue weighted by atomic mass is 32.2. The summed E-state index contributed by atoms with van der Waals surface area (Å²) < 4.78 is 33.7. The standard InChI is InChI=1S/C18H22N2O5S/c1-12-17(13(2)25-20-12)10-24-16-5-3-14(4-6-16)9-18(21)19-15-7-8-26(22,23)11-15/h3-6,15H,7-11H2,1-2H3,(H,19,21)/t15-/m0/s1. The van der Waals surface area contributed by atoms with Crippen LogP contribution in [0.25, 0.3) is 0 Å². The van der Waals surface area contributed by atoms with Gasteiger partial charge in [-0.2, -0.15) is 0 Å². The quantitative estimate of drug-likeness (QED) is 0.822. The van der Waals surface area contributed by atoms with Crippen molar-refractivity contribution in [2.45, 2.75) is 39.3 Å². The van der Waals surface area contributed by atoms with E-state index in [4.69, 9.17) is 9.26 Å². The highest BCUT2D eigenvalue weighted by Gasteiger charge is 2.28. The molecular formula is C18H22N2O5S. The van der Waals surface area contributed by atoms with Gasteiger partial charge in [-0.3, -0.25) is 4.79 Å². The summed E-state index contributed by atoms with van der Waals surface area (Å²) in [5, 5.41) is 6.68. The predicted molar refractivity (Wildman–Crippen MR) is 95.7 cm³/mol. The number of amides is 1. The summed E-state index contributed by atoms with van der Waals surface area (Å²) in [6, 6.07) is 6.99. The molecule has 1 aromatic carbocycles. The van der Waals surface area contributed by atoms with Gasteiger partial charge < -0.3 is 14.6 Å². The summed E-state index contributed by atoms with van der Waals surface area (Å²) in [6.45, 7) is 4.08. The Labute approximate surface area is 152 Å². The van der Waals surface area contributed by atoms with Crippen LogP contribution in [0.4, 0.5) is 0 Å². The smallest absolute Gasteiger partial charge is 0.224 e. The molecule has 7 nitrogen and oxygen atoms in total. The molecule has 3 rings (SSSR count). The van der Waals surface area contributed by atoms with Gasteiger partial charge in [-0.25, -0.2) is 8.42 Å². The van der Waals surface area contributed by atoms with E-state index < -0.39 is 9.84 Å². The highest BCUT2D eigenvalue weighted by molar-refractivity contribution is 7.91. The first kappa shape index (κ1) is 18.4. The molecule has 0 radical (unpaired) electrons. The molecule has 2 aromatic rings. The second-order valence-electron chi connectivity index (χ2n) is 6.58. The number of nitrogens with one attached hydrogen (secondary N) is 1. The van der Waals surface area contributed by atoms with Gasteiger partial charge in [0, 0.05) is 6.04 Å². The van der Waals surface area contributed by atoms with E-state index >= 15 is 0 Å². The van der Waals surface area contributed by atoms with Crippen LogP contribution in [0.15, 0.2) is 28.8 Å². The fourth-order valence-electron chi connectivity index (χ4n) is 2.94. The fourth-order valence-corrected chi connectivity index (χ4v) is 4.61. The number of aromatic nitrogens is 1.